The van der Waals surface area contributed by atoms with Crippen molar-refractivity contribution in [3.8, 4) is 5.69 Å². The second-order valence-electron chi connectivity index (χ2n) is 6.40. The molecule has 0 radical (unpaired) electrons. The lowest BCUT2D eigenvalue weighted by Gasteiger charge is -2.39. The molecule has 24 heavy (non-hydrogen) atoms. The maximum absolute atomic E-state index is 12.7. The lowest BCUT2D eigenvalue weighted by Crippen LogP contribution is -2.55. The summed E-state index contributed by atoms with van der Waals surface area (Å²) in [5.74, 6) is -1.69. The highest BCUT2D eigenvalue weighted by Crippen LogP contribution is 2.34. The van der Waals surface area contributed by atoms with Gasteiger partial charge in [-0.2, -0.15) is 5.10 Å². The summed E-state index contributed by atoms with van der Waals surface area (Å²) >= 11 is 0. The molecule has 0 bridgehead atoms. The molecule has 1 fully saturated rings. The molecule has 2 aromatic rings. The largest absolute Gasteiger partial charge is 0.481 e. The minimum absolute atomic E-state index is 0.271. The highest BCUT2D eigenvalue weighted by Gasteiger charge is 2.42. The summed E-state index contributed by atoms with van der Waals surface area (Å²) in [7, 11) is 0. The number of nitrogens with zero attached hydrogens (tertiary/aromatic N) is 3. The number of rotatable bonds is 4. The van der Waals surface area contributed by atoms with Crippen LogP contribution in [0.15, 0.2) is 36.9 Å². The topological polar surface area (TPSA) is 97.1 Å². The summed E-state index contributed by atoms with van der Waals surface area (Å²) in [6.07, 6.45) is 6.03. The number of aliphatic carboxylic acids is 1. The van der Waals surface area contributed by atoms with E-state index in [0.717, 1.165) is 18.5 Å². The molecule has 2 N–H and O–H groups in total. The van der Waals surface area contributed by atoms with E-state index >= 15 is 0 Å². The Bertz CT molecular complexity index is 744. The maximum Gasteiger partial charge on any atom is 0.308 e. The van der Waals surface area contributed by atoms with Crippen molar-refractivity contribution in [2.75, 3.05) is 0 Å². The Kier molecular flexibility index (Phi) is 4.33. The van der Waals surface area contributed by atoms with E-state index in [4.69, 9.17) is 0 Å². The average molecular weight is 328 g/mol. The summed E-state index contributed by atoms with van der Waals surface area (Å²) in [6, 6.07) is 7.02. The van der Waals surface area contributed by atoms with Gasteiger partial charge < -0.3 is 10.4 Å². The van der Waals surface area contributed by atoms with Crippen LogP contribution in [0.4, 0.5) is 0 Å². The minimum atomic E-state index is -0.853. The summed E-state index contributed by atoms with van der Waals surface area (Å²) in [4.78, 5) is 28.1. The molecule has 7 heteroatoms. The quantitative estimate of drug-likeness (QED) is 0.895. The Morgan fingerprint density at radius 3 is 2.92 bits per heavy atom. The molecule has 3 rings (SSSR count). The van der Waals surface area contributed by atoms with Crippen molar-refractivity contribution in [2.24, 2.45) is 5.92 Å². The molecule has 1 aliphatic rings. The van der Waals surface area contributed by atoms with Crippen LogP contribution < -0.4 is 5.32 Å². The van der Waals surface area contributed by atoms with Gasteiger partial charge in [0.2, 0.25) is 0 Å². The Balaban J connectivity index is 1.82. The predicted octanol–water partition coefficient (Wildman–Crippen LogP) is 2.03. The number of hydrogen-bond acceptors (Lipinski definition) is 4. The van der Waals surface area contributed by atoms with Gasteiger partial charge in [0.05, 0.1) is 17.1 Å². The van der Waals surface area contributed by atoms with Crippen LogP contribution in [0, 0.1) is 5.92 Å². The molecule has 126 valence electrons. The number of hydrogen-bond donors (Lipinski definition) is 2. The number of amides is 1. The lowest BCUT2D eigenvalue weighted by atomic mass is 9.73. The van der Waals surface area contributed by atoms with Crippen LogP contribution in [0.3, 0.4) is 0 Å². The zero-order chi connectivity index (χ0) is 17.2. The molecule has 0 spiro atoms. The van der Waals surface area contributed by atoms with Crippen molar-refractivity contribution in [2.45, 2.75) is 38.1 Å². The number of aromatic nitrogens is 3. The number of carbonyl (C=O) groups is 2. The van der Waals surface area contributed by atoms with Gasteiger partial charge in [-0.15, -0.1) is 0 Å². The zero-order valence-electron chi connectivity index (χ0n) is 13.5. The van der Waals surface area contributed by atoms with Crippen LogP contribution in [0.5, 0.6) is 0 Å². The molecule has 1 aliphatic carbocycles. The molecule has 0 aliphatic heterocycles. The molecule has 2 unspecified atom stereocenters. The number of nitrogens with one attached hydrogen (secondary N) is 1. The van der Waals surface area contributed by atoms with Gasteiger partial charge in [0.25, 0.3) is 5.91 Å². The van der Waals surface area contributed by atoms with Gasteiger partial charge in [-0.3, -0.25) is 9.59 Å². The first-order valence-electron chi connectivity index (χ1n) is 8.00. The Hall–Kier alpha value is -2.70. The molecule has 0 saturated heterocycles. The first kappa shape index (κ1) is 16.2. The van der Waals surface area contributed by atoms with Crippen LogP contribution in [-0.2, 0) is 4.79 Å². The number of carboxylic acid groups (broad SMARTS) is 1. The van der Waals surface area contributed by atoms with Crippen molar-refractivity contribution in [1.82, 2.24) is 20.1 Å². The maximum atomic E-state index is 12.7. The van der Waals surface area contributed by atoms with Gasteiger partial charge in [-0.25, -0.2) is 9.67 Å². The first-order valence-corrected chi connectivity index (χ1v) is 8.00. The lowest BCUT2D eigenvalue weighted by molar-refractivity contribution is -0.145. The average Bonchev–Trinajstić information content (AvgIpc) is 3.09. The van der Waals surface area contributed by atoms with Crippen molar-refractivity contribution in [1.29, 1.82) is 0 Å². The minimum Gasteiger partial charge on any atom is -0.481 e. The molecule has 2 atom stereocenters. The number of carboxylic acids is 1. The van der Waals surface area contributed by atoms with Crippen molar-refractivity contribution < 1.29 is 14.7 Å². The van der Waals surface area contributed by atoms with E-state index < -0.39 is 17.4 Å². The van der Waals surface area contributed by atoms with Gasteiger partial charge in [0.1, 0.15) is 12.7 Å². The molecule has 1 heterocycles. The third kappa shape index (κ3) is 3.15. The van der Waals surface area contributed by atoms with Crippen molar-refractivity contribution in [3.63, 3.8) is 0 Å². The number of carbonyl (C=O) groups excluding carboxylic acids is 1. The highest BCUT2D eigenvalue weighted by atomic mass is 16.4. The van der Waals surface area contributed by atoms with Crippen LogP contribution in [0.1, 0.15) is 43.0 Å². The van der Waals surface area contributed by atoms with E-state index in [0.29, 0.717) is 18.4 Å². The van der Waals surface area contributed by atoms with E-state index in [1.54, 1.807) is 29.2 Å². The fourth-order valence-electron chi connectivity index (χ4n) is 3.34. The van der Waals surface area contributed by atoms with Gasteiger partial charge in [-0.1, -0.05) is 18.9 Å². The standard InChI is InChI=1S/C17H20N4O3/c1-17(8-3-2-7-14(17)16(23)24)20-15(22)12-5-4-6-13(9-12)21-11-18-10-19-21/h4-6,9-11,14H,2-3,7-8H2,1H3,(H,20,22)(H,23,24). The van der Waals surface area contributed by atoms with E-state index in [9.17, 15) is 14.7 Å². The second kappa shape index (κ2) is 6.43. The molecular weight excluding hydrogens is 308 g/mol. The van der Waals surface area contributed by atoms with Crippen LogP contribution in [0.2, 0.25) is 0 Å². The summed E-state index contributed by atoms with van der Waals surface area (Å²) in [6.45, 7) is 1.82. The molecular formula is C17H20N4O3. The SMILES string of the molecule is CC1(NC(=O)c2cccc(-n3cncn3)c2)CCCCC1C(=O)O. The second-order valence-corrected chi connectivity index (χ2v) is 6.40. The van der Waals surface area contributed by atoms with E-state index in [1.165, 1.54) is 6.33 Å². The first-order chi connectivity index (χ1) is 11.5. The molecule has 1 aromatic carbocycles. The van der Waals surface area contributed by atoms with Gasteiger partial charge in [-0.05, 0) is 38.0 Å². The third-order valence-electron chi connectivity index (χ3n) is 4.70. The molecule has 1 saturated carbocycles. The van der Waals surface area contributed by atoms with Gasteiger partial charge in [0.15, 0.2) is 0 Å². The highest BCUT2D eigenvalue weighted by molar-refractivity contribution is 5.95. The van der Waals surface area contributed by atoms with Gasteiger partial charge in [0, 0.05) is 5.56 Å². The molecule has 1 aromatic heterocycles. The third-order valence-corrected chi connectivity index (χ3v) is 4.70. The number of benzene rings is 1. The molecule has 1 amide bonds. The summed E-state index contributed by atoms with van der Waals surface area (Å²) < 4.78 is 1.57. The van der Waals surface area contributed by atoms with Crippen molar-refractivity contribution in [3.05, 3.63) is 42.5 Å². The monoisotopic (exact) mass is 328 g/mol. The van der Waals surface area contributed by atoms with E-state index in [-0.39, 0.29) is 5.91 Å². The summed E-state index contributed by atoms with van der Waals surface area (Å²) in [5.41, 5.74) is 0.465. The van der Waals surface area contributed by atoms with E-state index in [2.05, 4.69) is 15.4 Å². The van der Waals surface area contributed by atoms with Crippen LogP contribution >= 0.6 is 0 Å². The zero-order valence-corrected chi connectivity index (χ0v) is 13.5. The Morgan fingerprint density at radius 2 is 2.21 bits per heavy atom. The normalized spacial score (nSPS) is 23.6. The van der Waals surface area contributed by atoms with Crippen LogP contribution in [-0.4, -0.2) is 37.3 Å². The molecule has 7 nitrogen and oxygen atoms in total. The van der Waals surface area contributed by atoms with Crippen LogP contribution in [0.25, 0.3) is 5.69 Å². The van der Waals surface area contributed by atoms with Crippen molar-refractivity contribution >= 4 is 11.9 Å². The van der Waals surface area contributed by atoms with E-state index in [1.807, 2.05) is 13.0 Å². The Labute approximate surface area is 139 Å². The fourth-order valence-corrected chi connectivity index (χ4v) is 3.34. The van der Waals surface area contributed by atoms with Gasteiger partial charge >= 0.3 is 5.97 Å². The fraction of sp³-hybridized carbons (Fsp3) is 0.412. The predicted molar refractivity (Wildman–Crippen MR) is 86.8 cm³/mol. The smallest absolute Gasteiger partial charge is 0.308 e. The Morgan fingerprint density at radius 1 is 1.38 bits per heavy atom. The summed E-state index contributed by atoms with van der Waals surface area (Å²) in [5, 5.41) is 16.5.